The van der Waals surface area contributed by atoms with Crippen LogP contribution < -0.4 is 16.0 Å². The van der Waals surface area contributed by atoms with Crippen molar-refractivity contribution in [2.45, 2.75) is 32.2 Å². The summed E-state index contributed by atoms with van der Waals surface area (Å²) in [5, 5.41) is 8.45. The molecule has 0 saturated heterocycles. The van der Waals surface area contributed by atoms with Crippen molar-refractivity contribution in [2.75, 3.05) is 17.2 Å². The second kappa shape index (κ2) is 11.1. The lowest BCUT2D eigenvalue weighted by atomic mass is 9.98. The van der Waals surface area contributed by atoms with Crippen LogP contribution in [-0.4, -0.2) is 30.1 Å². The summed E-state index contributed by atoms with van der Waals surface area (Å²) >= 11 is 0. The maximum Gasteiger partial charge on any atom is 0.411 e. The van der Waals surface area contributed by atoms with Gasteiger partial charge in [-0.15, -0.1) is 0 Å². The summed E-state index contributed by atoms with van der Waals surface area (Å²) in [5.41, 5.74) is 6.32. The van der Waals surface area contributed by atoms with E-state index in [0.717, 1.165) is 11.1 Å². The van der Waals surface area contributed by atoms with E-state index in [4.69, 9.17) is 4.74 Å². The summed E-state index contributed by atoms with van der Waals surface area (Å²) in [6.07, 6.45) is -0.561. The van der Waals surface area contributed by atoms with Crippen molar-refractivity contribution in [3.63, 3.8) is 0 Å². The first-order valence-electron chi connectivity index (χ1n) is 13.1. The summed E-state index contributed by atoms with van der Waals surface area (Å²) < 4.78 is 5.60. The molecule has 40 heavy (non-hydrogen) atoms. The fourth-order valence-corrected chi connectivity index (χ4v) is 4.78. The molecule has 4 aromatic rings. The highest BCUT2D eigenvalue weighted by Crippen LogP contribution is 2.44. The van der Waals surface area contributed by atoms with Gasteiger partial charge >= 0.3 is 6.09 Å². The Morgan fingerprint density at radius 3 is 1.65 bits per heavy atom. The number of anilines is 2. The molecule has 0 spiro atoms. The predicted molar refractivity (Wildman–Crippen MR) is 157 cm³/mol. The number of hydrogen-bond donors (Lipinski definition) is 3. The van der Waals surface area contributed by atoms with Gasteiger partial charge in [0.05, 0.1) is 0 Å². The second-order valence-electron chi connectivity index (χ2n) is 10.8. The van der Waals surface area contributed by atoms with Gasteiger partial charge in [0.2, 0.25) is 0 Å². The van der Waals surface area contributed by atoms with Gasteiger partial charge in [0.25, 0.3) is 11.8 Å². The lowest BCUT2D eigenvalue weighted by Crippen LogP contribution is -2.40. The maximum absolute atomic E-state index is 12.7. The van der Waals surface area contributed by atoms with E-state index in [-0.39, 0.29) is 29.9 Å². The average Bonchev–Trinajstić information content (AvgIpc) is 3.25. The Hall–Kier alpha value is -4.91. The molecule has 7 nitrogen and oxygen atoms in total. The Morgan fingerprint density at radius 2 is 1.12 bits per heavy atom. The van der Waals surface area contributed by atoms with Gasteiger partial charge in [-0.2, -0.15) is 0 Å². The zero-order valence-corrected chi connectivity index (χ0v) is 22.7. The van der Waals surface area contributed by atoms with Crippen molar-refractivity contribution in [1.82, 2.24) is 5.32 Å². The van der Waals surface area contributed by atoms with Gasteiger partial charge in [0, 0.05) is 34.0 Å². The first-order chi connectivity index (χ1) is 19.2. The molecule has 3 amide bonds. The lowest BCUT2D eigenvalue weighted by Gasteiger charge is -2.20. The first-order valence-corrected chi connectivity index (χ1v) is 13.1. The number of rotatable bonds is 6. The van der Waals surface area contributed by atoms with E-state index in [1.165, 1.54) is 11.1 Å². The molecule has 5 rings (SSSR count). The van der Waals surface area contributed by atoms with Gasteiger partial charge in [-0.05, 0) is 91.6 Å². The van der Waals surface area contributed by atoms with Gasteiger partial charge in [-0.1, -0.05) is 48.5 Å². The van der Waals surface area contributed by atoms with Gasteiger partial charge < -0.3 is 15.4 Å². The van der Waals surface area contributed by atoms with E-state index in [9.17, 15) is 14.4 Å². The number of nitrogens with one attached hydrogen (secondary N) is 3. The largest absolute Gasteiger partial charge is 0.448 e. The summed E-state index contributed by atoms with van der Waals surface area (Å²) in [6, 6.07) is 29.6. The molecule has 4 aromatic carbocycles. The summed E-state index contributed by atoms with van der Waals surface area (Å²) in [4.78, 5) is 37.6. The molecule has 202 valence electrons. The molecule has 3 N–H and O–H groups in total. The van der Waals surface area contributed by atoms with Gasteiger partial charge in [-0.25, -0.2) is 4.79 Å². The highest BCUT2D eigenvalue weighted by Gasteiger charge is 2.29. The summed E-state index contributed by atoms with van der Waals surface area (Å²) in [6.45, 7) is 5.96. The Kier molecular flexibility index (Phi) is 7.38. The van der Waals surface area contributed by atoms with Gasteiger partial charge in [0.1, 0.15) is 6.61 Å². The van der Waals surface area contributed by atoms with Crippen LogP contribution in [0.3, 0.4) is 0 Å². The topological polar surface area (TPSA) is 96.5 Å². The lowest BCUT2D eigenvalue weighted by molar-refractivity contribution is 0.0919. The Bertz CT molecular complexity index is 1510. The highest BCUT2D eigenvalue weighted by atomic mass is 16.5. The van der Waals surface area contributed by atoms with E-state index < -0.39 is 6.09 Å². The molecule has 0 aromatic heterocycles. The van der Waals surface area contributed by atoms with Crippen molar-refractivity contribution < 1.29 is 19.1 Å². The van der Waals surface area contributed by atoms with E-state index in [2.05, 4.69) is 40.2 Å². The van der Waals surface area contributed by atoms with Crippen molar-refractivity contribution >= 4 is 29.3 Å². The van der Waals surface area contributed by atoms with Crippen LogP contribution in [0, 0.1) is 0 Å². The van der Waals surface area contributed by atoms with Crippen molar-refractivity contribution in [2.24, 2.45) is 0 Å². The van der Waals surface area contributed by atoms with Crippen LogP contribution in [0.5, 0.6) is 0 Å². The molecule has 0 bridgehead atoms. The van der Waals surface area contributed by atoms with Gasteiger partial charge in [0.15, 0.2) is 0 Å². The van der Waals surface area contributed by atoms with E-state index in [1.54, 1.807) is 48.5 Å². The molecule has 1 aliphatic rings. The quantitative estimate of drug-likeness (QED) is 0.253. The fourth-order valence-electron chi connectivity index (χ4n) is 4.78. The highest BCUT2D eigenvalue weighted by molar-refractivity contribution is 6.05. The molecule has 0 unspecified atom stereocenters. The first kappa shape index (κ1) is 26.7. The SMILES string of the molecule is CC(C)(C)NC(=O)c1ccc(NC(=O)c2ccc(NC(=O)OCC3c4ccccc4-c4ccccc43)cc2)cc1. The number of hydrogen-bond acceptors (Lipinski definition) is 4. The van der Waals surface area contributed by atoms with Crippen LogP contribution in [0.25, 0.3) is 11.1 Å². The van der Waals surface area contributed by atoms with Crippen molar-refractivity contribution in [3.8, 4) is 11.1 Å². The maximum atomic E-state index is 12.7. The molecule has 0 atom stereocenters. The van der Waals surface area contributed by atoms with Crippen LogP contribution in [0.15, 0.2) is 97.1 Å². The zero-order chi connectivity index (χ0) is 28.3. The number of amides is 3. The fraction of sp³-hybridized carbons (Fsp3) is 0.182. The van der Waals surface area contributed by atoms with Crippen LogP contribution in [-0.2, 0) is 4.74 Å². The van der Waals surface area contributed by atoms with Crippen molar-refractivity contribution in [3.05, 3.63) is 119 Å². The molecule has 1 aliphatic carbocycles. The molecular weight excluding hydrogens is 502 g/mol. The zero-order valence-electron chi connectivity index (χ0n) is 22.7. The molecule has 0 aliphatic heterocycles. The smallest absolute Gasteiger partial charge is 0.411 e. The van der Waals surface area contributed by atoms with Crippen LogP contribution in [0.4, 0.5) is 16.2 Å². The predicted octanol–water partition coefficient (Wildman–Crippen LogP) is 6.83. The minimum Gasteiger partial charge on any atom is -0.448 e. The van der Waals surface area contributed by atoms with Crippen LogP contribution in [0.1, 0.15) is 58.5 Å². The third kappa shape index (κ3) is 6.04. The Morgan fingerprint density at radius 1 is 0.650 bits per heavy atom. The summed E-state index contributed by atoms with van der Waals surface area (Å²) in [5.74, 6) is -0.504. The normalized spacial score (nSPS) is 12.2. The van der Waals surface area contributed by atoms with Crippen molar-refractivity contribution in [1.29, 1.82) is 0 Å². The van der Waals surface area contributed by atoms with E-state index in [0.29, 0.717) is 22.5 Å². The second-order valence-corrected chi connectivity index (χ2v) is 10.8. The Balaban J connectivity index is 1.15. The number of carbonyl (C=O) groups is 3. The van der Waals surface area contributed by atoms with Crippen LogP contribution >= 0.6 is 0 Å². The molecule has 0 fully saturated rings. The third-order valence-corrected chi connectivity index (χ3v) is 6.63. The van der Waals surface area contributed by atoms with Gasteiger partial charge in [-0.3, -0.25) is 14.9 Å². The molecule has 7 heteroatoms. The third-order valence-electron chi connectivity index (χ3n) is 6.63. The monoisotopic (exact) mass is 533 g/mol. The summed E-state index contributed by atoms with van der Waals surface area (Å²) in [7, 11) is 0. The minimum absolute atomic E-state index is 0.0221. The standard InChI is InChI=1S/C33H31N3O4/c1-33(2,3)36-31(38)22-14-16-23(17-15-22)34-30(37)21-12-18-24(19-13-21)35-32(39)40-20-29-27-10-6-4-8-25(27)26-9-5-7-11-28(26)29/h4-19,29H,20H2,1-3H3,(H,34,37)(H,35,39)(H,36,38). The molecule has 0 saturated carbocycles. The molecule has 0 radical (unpaired) electrons. The number of fused-ring (bicyclic) bond motifs is 3. The molecular formula is C33H31N3O4. The van der Waals surface area contributed by atoms with E-state index in [1.807, 2.05) is 45.0 Å². The van der Waals surface area contributed by atoms with E-state index >= 15 is 0 Å². The Labute approximate surface area is 233 Å². The molecule has 0 heterocycles. The minimum atomic E-state index is -0.561. The average molecular weight is 534 g/mol. The number of ether oxygens (including phenoxy) is 1. The van der Waals surface area contributed by atoms with Crippen LogP contribution in [0.2, 0.25) is 0 Å². The number of benzene rings is 4. The number of carbonyl (C=O) groups excluding carboxylic acids is 3.